The topological polar surface area (TPSA) is 78.2 Å². The Kier molecular flexibility index (Phi) is 2.64. The molecule has 5 heteroatoms. The molecule has 1 fully saturated rings. The van der Waals surface area contributed by atoms with Crippen LogP contribution in [0.15, 0.2) is 0 Å². The minimum absolute atomic E-state index is 0.0393. The standard InChI is InChI=1S/C8H13NO3S/c1-2-13(11,12)4-7-3-8(7,5-9)6-10/h7,10H,2-4,6H2,1H3/t7-,8-/m1/s1. The third-order valence-corrected chi connectivity index (χ3v) is 4.42. The Hall–Kier alpha value is -0.600. The minimum Gasteiger partial charge on any atom is -0.395 e. The average molecular weight is 203 g/mol. The highest BCUT2D eigenvalue weighted by Gasteiger charge is 2.55. The van der Waals surface area contributed by atoms with Crippen molar-refractivity contribution < 1.29 is 13.5 Å². The Bertz CT molecular complexity index is 330. The summed E-state index contributed by atoms with van der Waals surface area (Å²) >= 11 is 0. The molecule has 0 amide bonds. The third-order valence-electron chi connectivity index (χ3n) is 2.63. The van der Waals surface area contributed by atoms with Crippen LogP contribution in [0.2, 0.25) is 0 Å². The Morgan fingerprint density at radius 3 is 2.62 bits per heavy atom. The molecule has 0 spiro atoms. The second-order valence-electron chi connectivity index (χ2n) is 3.53. The lowest BCUT2D eigenvalue weighted by molar-refractivity contribution is 0.237. The van der Waals surface area contributed by atoms with Crippen molar-refractivity contribution in [2.75, 3.05) is 18.1 Å². The molecule has 1 aliphatic rings. The summed E-state index contributed by atoms with van der Waals surface area (Å²) in [6.45, 7) is 1.36. The van der Waals surface area contributed by atoms with E-state index < -0.39 is 15.3 Å². The van der Waals surface area contributed by atoms with Crippen molar-refractivity contribution in [3.05, 3.63) is 0 Å². The van der Waals surface area contributed by atoms with Gasteiger partial charge in [-0.1, -0.05) is 6.92 Å². The van der Waals surface area contributed by atoms with Gasteiger partial charge in [-0.15, -0.1) is 0 Å². The van der Waals surface area contributed by atoms with Gasteiger partial charge >= 0.3 is 0 Å². The van der Waals surface area contributed by atoms with E-state index in [-0.39, 0.29) is 24.0 Å². The normalized spacial score (nSPS) is 32.5. The van der Waals surface area contributed by atoms with Crippen molar-refractivity contribution in [1.82, 2.24) is 0 Å². The Morgan fingerprint density at radius 1 is 1.69 bits per heavy atom. The molecule has 0 aromatic rings. The lowest BCUT2D eigenvalue weighted by atomic mass is 10.1. The number of aliphatic hydroxyl groups excluding tert-OH is 1. The van der Waals surface area contributed by atoms with Crippen molar-refractivity contribution in [2.24, 2.45) is 11.3 Å². The van der Waals surface area contributed by atoms with Crippen LogP contribution < -0.4 is 0 Å². The van der Waals surface area contributed by atoms with Crippen LogP contribution in [0.25, 0.3) is 0 Å². The van der Waals surface area contributed by atoms with Gasteiger partial charge in [-0.2, -0.15) is 5.26 Å². The zero-order valence-corrected chi connectivity index (χ0v) is 8.34. The summed E-state index contributed by atoms with van der Waals surface area (Å²) < 4.78 is 22.4. The summed E-state index contributed by atoms with van der Waals surface area (Å²) in [5.74, 6) is -0.0129. The lowest BCUT2D eigenvalue weighted by Crippen LogP contribution is -2.16. The van der Waals surface area contributed by atoms with E-state index in [2.05, 4.69) is 0 Å². The van der Waals surface area contributed by atoms with Crippen LogP contribution in [0.4, 0.5) is 0 Å². The summed E-state index contributed by atoms with van der Waals surface area (Å²) in [6, 6.07) is 1.98. The SMILES string of the molecule is CCS(=O)(=O)C[C@H]1C[C@@]1(C#N)CO. The van der Waals surface area contributed by atoms with Gasteiger partial charge in [-0.3, -0.25) is 0 Å². The van der Waals surface area contributed by atoms with E-state index in [0.29, 0.717) is 6.42 Å². The largest absolute Gasteiger partial charge is 0.395 e. The predicted molar refractivity (Wildman–Crippen MR) is 47.6 cm³/mol. The number of aliphatic hydroxyl groups is 1. The van der Waals surface area contributed by atoms with Crippen LogP contribution in [0.5, 0.6) is 0 Å². The number of sulfone groups is 1. The molecule has 1 N–H and O–H groups in total. The summed E-state index contributed by atoms with van der Waals surface area (Å²) in [6.07, 6.45) is 0.513. The van der Waals surface area contributed by atoms with Gasteiger partial charge in [0.1, 0.15) is 9.84 Å². The van der Waals surface area contributed by atoms with Crippen molar-refractivity contribution in [3.63, 3.8) is 0 Å². The molecular formula is C8H13NO3S. The van der Waals surface area contributed by atoms with Gasteiger partial charge < -0.3 is 5.11 Å². The fourth-order valence-electron chi connectivity index (χ4n) is 1.39. The quantitative estimate of drug-likeness (QED) is 0.694. The Balaban J connectivity index is 2.59. The van der Waals surface area contributed by atoms with Gasteiger partial charge in [-0.05, 0) is 12.3 Å². The van der Waals surface area contributed by atoms with E-state index in [9.17, 15) is 8.42 Å². The molecule has 4 nitrogen and oxygen atoms in total. The first-order valence-electron chi connectivity index (χ1n) is 4.22. The molecule has 0 radical (unpaired) electrons. The van der Waals surface area contributed by atoms with Crippen molar-refractivity contribution in [1.29, 1.82) is 5.26 Å². The van der Waals surface area contributed by atoms with E-state index in [4.69, 9.17) is 10.4 Å². The summed E-state index contributed by atoms with van der Waals surface area (Å²) in [5.41, 5.74) is -0.762. The second kappa shape index (κ2) is 3.28. The highest BCUT2D eigenvalue weighted by atomic mass is 32.2. The summed E-state index contributed by atoms with van der Waals surface area (Å²) in [7, 11) is -3.01. The summed E-state index contributed by atoms with van der Waals surface area (Å²) in [5, 5.41) is 17.6. The summed E-state index contributed by atoms with van der Waals surface area (Å²) in [4.78, 5) is 0. The highest BCUT2D eigenvalue weighted by Crippen LogP contribution is 2.52. The molecule has 74 valence electrons. The van der Waals surface area contributed by atoms with Gasteiger partial charge in [0.25, 0.3) is 0 Å². The molecule has 1 aliphatic carbocycles. The first-order chi connectivity index (χ1) is 5.99. The van der Waals surface area contributed by atoms with Gasteiger partial charge in [0, 0.05) is 5.75 Å². The number of hydrogen-bond acceptors (Lipinski definition) is 4. The Morgan fingerprint density at radius 2 is 2.31 bits per heavy atom. The third kappa shape index (κ3) is 2.01. The van der Waals surface area contributed by atoms with Gasteiger partial charge in [0.05, 0.1) is 23.8 Å². The predicted octanol–water partition coefficient (Wildman–Crippen LogP) is -0.0567. The lowest BCUT2D eigenvalue weighted by Gasteiger charge is -2.03. The number of rotatable bonds is 4. The molecular weight excluding hydrogens is 190 g/mol. The number of nitrogens with zero attached hydrogens (tertiary/aromatic N) is 1. The van der Waals surface area contributed by atoms with Gasteiger partial charge in [0.2, 0.25) is 0 Å². The molecule has 0 aromatic carbocycles. The average Bonchev–Trinajstić information content (AvgIpc) is 2.79. The highest BCUT2D eigenvalue weighted by molar-refractivity contribution is 7.91. The maximum absolute atomic E-state index is 11.2. The fourth-order valence-corrected chi connectivity index (χ4v) is 2.68. The zero-order valence-electron chi connectivity index (χ0n) is 7.52. The van der Waals surface area contributed by atoms with E-state index in [1.807, 2.05) is 6.07 Å². The molecule has 0 aliphatic heterocycles. The van der Waals surface area contributed by atoms with E-state index in [1.54, 1.807) is 6.92 Å². The smallest absolute Gasteiger partial charge is 0.150 e. The maximum atomic E-state index is 11.2. The fraction of sp³-hybridized carbons (Fsp3) is 0.875. The molecule has 1 rings (SSSR count). The monoisotopic (exact) mass is 203 g/mol. The second-order valence-corrected chi connectivity index (χ2v) is 5.92. The Labute approximate surface area is 78.1 Å². The van der Waals surface area contributed by atoms with Crippen molar-refractivity contribution in [2.45, 2.75) is 13.3 Å². The van der Waals surface area contributed by atoms with E-state index >= 15 is 0 Å². The molecule has 13 heavy (non-hydrogen) atoms. The van der Waals surface area contributed by atoms with Crippen LogP contribution in [0.3, 0.4) is 0 Å². The van der Waals surface area contributed by atoms with Crippen molar-refractivity contribution in [3.8, 4) is 6.07 Å². The number of hydrogen-bond donors (Lipinski definition) is 1. The number of nitriles is 1. The van der Waals surface area contributed by atoms with E-state index in [0.717, 1.165) is 0 Å². The van der Waals surface area contributed by atoms with Crippen LogP contribution in [-0.4, -0.2) is 31.6 Å². The first kappa shape index (κ1) is 10.5. The molecule has 0 saturated heterocycles. The molecule has 2 atom stereocenters. The molecule has 0 heterocycles. The zero-order chi connectivity index (χ0) is 10.1. The molecule has 0 aromatic heterocycles. The molecule has 0 bridgehead atoms. The van der Waals surface area contributed by atoms with Crippen LogP contribution >= 0.6 is 0 Å². The first-order valence-corrected chi connectivity index (χ1v) is 6.04. The minimum atomic E-state index is -3.01. The van der Waals surface area contributed by atoms with Gasteiger partial charge in [0.15, 0.2) is 0 Å². The van der Waals surface area contributed by atoms with Crippen molar-refractivity contribution >= 4 is 9.84 Å². The van der Waals surface area contributed by atoms with Crippen LogP contribution in [-0.2, 0) is 9.84 Å². The molecule has 1 saturated carbocycles. The van der Waals surface area contributed by atoms with Crippen LogP contribution in [0.1, 0.15) is 13.3 Å². The maximum Gasteiger partial charge on any atom is 0.150 e. The van der Waals surface area contributed by atoms with Crippen LogP contribution in [0, 0.1) is 22.7 Å². The van der Waals surface area contributed by atoms with Gasteiger partial charge in [-0.25, -0.2) is 8.42 Å². The van der Waals surface area contributed by atoms with E-state index in [1.165, 1.54) is 0 Å². The molecule has 0 unspecified atom stereocenters.